The third-order valence-electron chi connectivity index (χ3n) is 8.63. The molecule has 168 valence electrons. The van der Waals surface area contributed by atoms with Crippen LogP contribution in [0.1, 0.15) is 56.4 Å². The van der Waals surface area contributed by atoms with Crippen LogP contribution in [0.2, 0.25) is 5.02 Å². The van der Waals surface area contributed by atoms with Crippen molar-refractivity contribution in [3.63, 3.8) is 0 Å². The Morgan fingerprint density at radius 2 is 1.84 bits per heavy atom. The lowest BCUT2D eigenvalue weighted by Crippen LogP contribution is -2.61. The van der Waals surface area contributed by atoms with Crippen LogP contribution in [0.15, 0.2) is 41.3 Å². The molecule has 7 rings (SSSR count). The van der Waals surface area contributed by atoms with Crippen LogP contribution in [0.5, 0.6) is 0 Å². The van der Waals surface area contributed by atoms with E-state index in [0.717, 1.165) is 51.6 Å². The number of hydrogen-bond donors (Lipinski definition) is 1. The van der Waals surface area contributed by atoms with Crippen molar-refractivity contribution in [3.8, 4) is 0 Å². The molecular formula is C25H28ClN3O3. The maximum Gasteiger partial charge on any atom is 0.309 e. The van der Waals surface area contributed by atoms with Gasteiger partial charge in [-0.1, -0.05) is 41.9 Å². The molecule has 2 unspecified atom stereocenters. The molecule has 1 aromatic carbocycles. The SMILES string of the molecule is O=C(O)C12C[C@H]3C[C@@H](C1)CC(n1ncc(N4CC[C@H](c5ccccc5)C4)c(Cl)c1=O)(C3)C2. The predicted molar refractivity (Wildman–Crippen MR) is 122 cm³/mol. The Hall–Kier alpha value is -2.34. The number of carboxylic acids is 1. The zero-order chi connectivity index (χ0) is 22.1. The monoisotopic (exact) mass is 453 g/mol. The Bertz CT molecular complexity index is 1120. The second kappa shape index (κ2) is 7.08. The van der Waals surface area contributed by atoms with E-state index < -0.39 is 16.9 Å². The van der Waals surface area contributed by atoms with E-state index in [1.54, 1.807) is 10.9 Å². The molecular weight excluding hydrogens is 426 g/mol. The molecule has 7 heteroatoms. The Kier molecular flexibility index (Phi) is 4.49. The molecule has 2 aromatic rings. The summed E-state index contributed by atoms with van der Waals surface area (Å²) in [6, 6.07) is 10.4. The van der Waals surface area contributed by atoms with Crippen molar-refractivity contribution in [2.24, 2.45) is 17.3 Å². The van der Waals surface area contributed by atoms with Gasteiger partial charge in [0.1, 0.15) is 5.02 Å². The molecule has 1 N–H and O–H groups in total. The molecule has 0 radical (unpaired) electrons. The summed E-state index contributed by atoms with van der Waals surface area (Å²) in [4.78, 5) is 27.9. The summed E-state index contributed by atoms with van der Waals surface area (Å²) in [6.45, 7) is 1.65. The zero-order valence-corrected chi connectivity index (χ0v) is 18.8. The molecule has 32 heavy (non-hydrogen) atoms. The number of anilines is 1. The van der Waals surface area contributed by atoms with Gasteiger partial charge in [-0.25, -0.2) is 4.68 Å². The van der Waals surface area contributed by atoms with Gasteiger partial charge in [0, 0.05) is 19.0 Å². The number of carbonyl (C=O) groups is 1. The number of hydrogen-bond acceptors (Lipinski definition) is 4. The van der Waals surface area contributed by atoms with Crippen LogP contribution in [-0.2, 0) is 10.3 Å². The highest BCUT2D eigenvalue weighted by Crippen LogP contribution is 2.64. The Labute approximate surface area is 192 Å². The van der Waals surface area contributed by atoms with E-state index in [9.17, 15) is 14.7 Å². The molecule has 1 aliphatic heterocycles. The highest BCUT2D eigenvalue weighted by Gasteiger charge is 2.62. The fraction of sp³-hybridized carbons (Fsp3) is 0.560. The second-order valence-corrected chi connectivity index (χ2v) is 11.1. The Morgan fingerprint density at radius 1 is 1.12 bits per heavy atom. The van der Waals surface area contributed by atoms with Gasteiger partial charge in [0.2, 0.25) is 0 Å². The Morgan fingerprint density at radius 3 is 2.53 bits per heavy atom. The van der Waals surface area contributed by atoms with Crippen LogP contribution in [0.3, 0.4) is 0 Å². The van der Waals surface area contributed by atoms with E-state index in [4.69, 9.17) is 11.6 Å². The highest BCUT2D eigenvalue weighted by atomic mass is 35.5. The molecule has 6 nitrogen and oxygen atoms in total. The maximum atomic E-state index is 13.5. The number of benzene rings is 1. The average molecular weight is 454 g/mol. The minimum absolute atomic E-state index is 0.217. The number of aliphatic carboxylic acids is 1. The van der Waals surface area contributed by atoms with Crippen molar-refractivity contribution in [1.82, 2.24) is 9.78 Å². The van der Waals surface area contributed by atoms with E-state index in [1.807, 2.05) is 6.07 Å². The molecule has 4 saturated carbocycles. The third-order valence-corrected chi connectivity index (χ3v) is 8.99. The number of halogens is 1. The van der Waals surface area contributed by atoms with Crippen LogP contribution in [-0.4, -0.2) is 33.9 Å². The number of rotatable bonds is 4. The molecule has 0 spiro atoms. The molecule has 0 amide bonds. The van der Waals surface area contributed by atoms with Crippen LogP contribution in [0.25, 0.3) is 0 Å². The van der Waals surface area contributed by atoms with Crippen molar-refractivity contribution in [3.05, 3.63) is 57.5 Å². The van der Waals surface area contributed by atoms with Gasteiger partial charge >= 0.3 is 5.97 Å². The number of nitrogens with zero attached hydrogens (tertiary/aromatic N) is 3. The molecule has 4 bridgehead atoms. The molecule has 1 aromatic heterocycles. The second-order valence-electron chi connectivity index (χ2n) is 10.7. The van der Waals surface area contributed by atoms with Crippen molar-refractivity contribution in [2.75, 3.05) is 18.0 Å². The molecule has 5 aliphatic rings. The van der Waals surface area contributed by atoms with Gasteiger partial charge in [0.25, 0.3) is 5.56 Å². The summed E-state index contributed by atoms with van der Waals surface area (Å²) in [5, 5.41) is 14.9. The van der Waals surface area contributed by atoms with Crippen molar-refractivity contribution in [2.45, 2.75) is 56.4 Å². The van der Waals surface area contributed by atoms with Gasteiger partial charge in [-0.05, 0) is 62.3 Å². The minimum atomic E-state index is -0.714. The summed E-state index contributed by atoms with van der Waals surface area (Å²) in [7, 11) is 0. The average Bonchev–Trinajstić information content (AvgIpc) is 3.25. The summed E-state index contributed by atoms with van der Waals surface area (Å²) in [5.74, 6) is 0.401. The maximum absolute atomic E-state index is 13.5. The Balaban J connectivity index is 1.32. The van der Waals surface area contributed by atoms with E-state index in [-0.39, 0.29) is 10.6 Å². The quantitative estimate of drug-likeness (QED) is 0.748. The van der Waals surface area contributed by atoms with Gasteiger partial charge in [0.15, 0.2) is 0 Å². The molecule has 4 aliphatic carbocycles. The first-order valence-corrected chi connectivity index (χ1v) is 12.1. The van der Waals surface area contributed by atoms with E-state index in [1.165, 1.54) is 5.56 Å². The summed E-state index contributed by atoms with van der Waals surface area (Å²) in [6.07, 6.45) is 7.45. The summed E-state index contributed by atoms with van der Waals surface area (Å²) >= 11 is 6.68. The van der Waals surface area contributed by atoms with E-state index >= 15 is 0 Å². The van der Waals surface area contributed by atoms with E-state index in [2.05, 4.69) is 34.3 Å². The van der Waals surface area contributed by atoms with Crippen LogP contribution in [0.4, 0.5) is 5.69 Å². The number of carboxylic acid groups (broad SMARTS) is 1. The van der Waals surface area contributed by atoms with Gasteiger partial charge in [-0.2, -0.15) is 5.10 Å². The zero-order valence-electron chi connectivity index (χ0n) is 18.0. The highest BCUT2D eigenvalue weighted by molar-refractivity contribution is 6.33. The van der Waals surface area contributed by atoms with Gasteiger partial charge in [-0.15, -0.1) is 0 Å². The third kappa shape index (κ3) is 2.95. The van der Waals surface area contributed by atoms with E-state index in [0.29, 0.717) is 29.9 Å². The molecule has 5 fully saturated rings. The lowest BCUT2D eigenvalue weighted by atomic mass is 9.47. The minimum Gasteiger partial charge on any atom is -0.481 e. The first kappa shape index (κ1) is 20.3. The predicted octanol–water partition coefficient (Wildman–Crippen LogP) is 4.27. The van der Waals surface area contributed by atoms with Crippen LogP contribution in [0, 0.1) is 17.3 Å². The first-order chi connectivity index (χ1) is 15.4. The van der Waals surface area contributed by atoms with Gasteiger partial charge < -0.3 is 10.0 Å². The largest absolute Gasteiger partial charge is 0.481 e. The van der Waals surface area contributed by atoms with Gasteiger partial charge in [-0.3, -0.25) is 9.59 Å². The lowest BCUT2D eigenvalue weighted by molar-refractivity contribution is -0.173. The van der Waals surface area contributed by atoms with Crippen molar-refractivity contribution < 1.29 is 9.90 Å². The smallest absolute Gasteiger partial charge is 0.309 e. The number of aromatic nitrogens is 2. The standard InChI is InChI=1S/C25H28ClN3O3/c26-21-20(28-7-6-19(14-28)18-4-2-1-3-5-18)13-27-29(22(21)30)25-11-16-8-17(12-25)10-24(9-16,15-25)23(31)32/h1-5,13,16-17,19H,6-12,14-15H2,(H,31,32)/t16-,17+,19-,24?,25?/m0/s1. The molecule has 5 atom stereocenters. The van der Waals surface area contributed by atoms with Crippen LogP contribution >= 0.6 is 11.6 Å². The first-order valence-electron chi connectivity index (χ1n) is 11.7. The lowest BCUT2D eigenvalue weighted by Gasteiger charge is -2.60. The van der Waals surface area contributed by atoms with Crippen LogP contribution < -0.4 is 10.5 Å². The van der Waals surface area contributed by atoms with Crippen molar-refractivity contribution in [1.29, 1.82) is 0 Å². The summed E-state index contributed by atoms with van der Waals surface area (Å²) < 4.78 is 1.57. The fourth-order valence-corrected chi connectivity index (χ4v) is 7.92. The summed E-state index contributed by atoms with van der Waals surface area (Å²) in [5.41, 5.74) is 0.506. The molecule has 2 heterocycles. The fourth-order valence-electron chi connectivity index (χ4n) is 7.67. The topological polar surface area (TPSA) is 75.4 Å². The normalized spacial score (nSPS) is 35.4. The van der Waals surface area contributed by atoms with Crippen molar-refractivity contribution >= 4 is 23.3 Å². The van der Waals surface area contributed by atoms with Gasteiger partial charge in [0.05, 0.1) is 22.8 Å². The molecule has 1 saturated heterocycles.